The molecule has 5 nitrogen and oxygen atoms in total. The van der Waals surface area contributed by atoms with Gasteiger partial charge in [-0.15, -0.1) is 10.2 Å². The molecule has 2 rings (SSSR count). The first kappa shape index (κ1) is 12.6. The SMILES string of the molecule is CCC(COC)Nc1cccc(-n2cnnc2)c1. The molecule has 1 unspecified atom stereocenters. The molecule has 96 valence electrons. The monoisotopic (exact) mass is 246 g/mol. The van der Waals surface area contributed by atoms with Gasteiger partial charge in [0, 0.05) is 18.8 Å². The van der Waals surface area contributed by atoms with E-state index in [1.807, 2.05) is 22.8 Å². The lowest BCUT2D eigenvalue weighted by Crippen LogP contribution is -2.23. The summed E-state index contributed by atoms with van der Waals surface area (Å²) < 4.78 is 7.06. The van der Waals surface area contributed by atoms with E-state index in [9.17, 15) is 0 Å². The predicted molar refractivity (Wildman–Crippen MR) is 70.9 cm³/mol. The third-order valence-corrected chi connectivity index (χ3v) is 2.79. The van der Waals surface area contributed by atoms with Crippen LogP contribution in [0.2, 0.25) is 0 Å². The molecule has 2 aromatic rings. The fraction of sp³-hybridized carbons (Fsp3) is 0.385. The van der Waals surface area contributed by atoms with Crippen molar-refractivity contribution < 1.29 is 4.74 Å². The smallest absolute Gasteiger partial charge is 0.123 e. The fourth-order valence-corrected chi connectivity index (χ4v) is 1.79. The molecule has 1 N–H and O–H groups in total. The summed E-state index contributed by atoms with van der Waals surface area (Å²) in [5.74, 6) is 0. The summed E-state index contributed by atoms with van der Waals surface area (Å²) in [6.45, 7) is 2.84. The zero-order valence-corrected chi connectivity index (χ0v) is 10.7. The quantitative estimate of drug-likeness (QED) is 0.848. The van der Waals surface area contributed by atoms with Gasteiger partial charge in [0.15, 0.2) is 0 Å². The molecule has 0 aliphatic carbocycles. The number of nitrogens with one attached hydrogen (secondary N) is 1. The largest absolute Gasteiger partial charge is 0.383 e. The number of methoxy groups -OCH3 is 1. The Morgan fingerprint density at radius 1 is 1.33 bits per heavy atom. The maximum absolute atomic E-state index is 5.18. The number of nitrogens with zero attached hydrogens (tertiary/aromatic N) is 3. The van der Waals surface area contributed by atoms with Crippen LogP contribution >= 0.6 is 0 Å². The maximum Gasteiger partial charge on any atom is 0.123 e. The van der Waals surface area contributed by atoms with E-state index < -0.39 is 0 Å². The summed E-state index contributed by atoms with van der Waals surface area (Å²) in [7, 11) is 1.72. The van der Waals surface area contributed by atoms with Crippen molar-refractivity contribution in [2.24, 2.45) is 0 Å². The second-order valence-electron chi connectivity index (χ2n) is 4.12. The normalized spacial score (nSPS) is 12.3. The van der Waals surface area contributed by atoms with Crippen molar-refractivity contribution in [2.45, 2.75) is 19.4 Å². The lowest BCUT2D eigenvalue weighted by molar-refractivity contribution is 0.184. The third kappa shape index (κ3) is 3.07. The molecule has 0 aliphatic heterocycles. The van der Waals surface area contributed by atoms with E-state index in [0.29, 0.717) is 12.6 Å². The van der Waals surface area contributed by atoms with Crippen LogP contribution < -0.4 is 5.32 Å². The van der Waals surface area contributed by atoms with Crippen molar-refractivity contribution in [3.63, 3.8) is 0 Å². The molecule has 0 spiro atoms. The van der Waals surface area contributed by atoms with E-state index in [2.05, 4.69) is 28.5 Å². The van der Waals surface area contributed by atoms with Gasteiger partial charge in [-0.2, -0.15) is 0 Å². The standard InChI is InChI=1S/C13H18N4O/c1-3-11(8-18-2)16-12-5-4-6-13(7-12)17-9-14-15-10-17/h4-7,9-11,16H,3,8H2,1-2H3. The Bertz CT molecular complexity index is 470. The Hall–Kier alpha value is -1.88. The van der Waals surface area contributed by atoms with Crippen LogP contribution in [0, 0.1) is 0 Å². The minimum atomic E-state index is 0.325. The molecule has 0 saturated heterocycles. The topological polar surface area (TPSA) is 52.0 Å². The summed E-state index contributed by atoms with van der Waals surface area (Å²) in [6.07, 6.45) is 4.39. The molecule has 0 aliphatic rings. The van der Waals surface area contributed by atoms with Crippen molar-refractivity contribution in [3.05, 3.63) is 36.9 Å². The van der Waals surface area contributed by atoms with Gasteiger partial charge < -0.3 is 10.1 Å². The van der Waals surface area contributed by atoms with Crippen molar-refractivity contribution >= 4 is 5.69 Å². The molecule has 1 atom stereocenters. The van der Waals surface area contributed by atoms with Gasteiger partial charge in [-0.1, -0.05) is 13.0 Å². The number of hydrogen-bond donors (Lipinski definition) is 1. The average Bonchev–Trinajstić information content (AvgIpc) is 2.92. The van der Waals surface area contributed by atoms with Crippen LogP contribution in [0.5, 0.6) is 0 Å². The Labute approximate surface area is 107 Å². The first-order chi connectivity index (χ1) is 8.83. The molecule has 0 amide bonds. The molecular weight excluding hydrogens is 228 g/mol. The Kier molecular flexibility index (Phi) is 4.30. The van der Waals surface area contributed by atoms with Crippen LogP contribution in [-0.2, 0) is 4.74 Å². The number of ether oxygens (including phenoxy) is 1. The molecular formula is C13H18N4O. The highest BCUT2D eigenvalue weighted by molar-refractivity contribution is 5.51. The fourth-order valence-electron chi connectivity index (χ4n) is 1.79. The van der Waals surface area contributed by atoms with E-state index in [0.717, 1.165) is 17.8 Å². The zero-order chi connectivity index (χ0) is 12.8. The van der Waals surface area contributed by atoms with Crippen LogP contribution in [0.3, 0.4) is 0 Å². The van der Waals surface area contributed by atoms with Gasteiger partial charge in [-0.05, 0) is 24.6 Å². The molecule has 1 aromatic carbocycles. The maximum atomic E-state index is 5.18. The van der Waals surface area contributed by atoms with Gasteiger partial charge in [0.25, 0.3) is 0 Å². The zero-order valence-electron chi connectivity index (χ0n) is 10.7. The minimum Gasteiger partial charge on any atom is -0.383 e. The van der Waals surface area contributed by atoms with Crippen LogP contribution in [0.15, 0.2) is 36.9 Å². The first-order valence-corrected chi connectivity index (χ1v) is 6.04. The minimum absolute atomic E-state index is 0.325. The number of hydrogen-bond acceptors (Lipinski definition) is 4. The number of aromatic nitrogens is 3. The Balaban J connectivity index is 2.12. The lowest BCUT2D eigenvalue weighted by atomic mass is 10.2. The molecule has 18 heavy (non-hydrogen) atoms. The van der Waals surface area contributed by atoms with Gasteiger partial charge in [0.1, 0.15) is 12.7 Å². The summed E-state index contributed by atoms with van der Waals surface area (Å²) in [6, 6.07) is 8.47. The molecule has 0 fully saturated rings. The highest BCUT2D eigenvalue weighted by Gasteiger charge is 2.06. The number of benzene rings is 1. The molecule has 1 aromatic heterocycles. The van der Waals surface area contributed by atoms with Crippen molar-refractivity contribution in [1.29, 1.82) is 0 Å². The highest BCUT2D eigenvalue weighted by Crippen LogP contribution is 2.15. The van der Waals surface area contributed by atoms with Crippen LogP contribution in [-0.4, -0.2) is 34.5 Å². The Morgan fingerprint density at radius 3 is 2.78 bits per heavy atom. The Morgan fingerprint density at radius 2 is 2.11 bits per heavy atom. The number of rotatable bonds is 6. The summed E-state index contributed by atoms with van der Waals surface area (Å²) in [5.41, 5.74) is 2.11. The van der Waals surface area contributed by atoms with Gasteiger partial charge >= 0.3 is 0 Å². The third-order valence-electron chi connectivity index (χ3n) is 2.79. The van der Waals surface area contributed by atoms with Crippen molar-refractivity contribution in [3.8, 4) is 5.69 Å². The molecule has 1 heterocycles. The van der Waals surface area contributed by atoms with E-state index in [1.165, 1.54) is 0 Å². The second-order valence-corrected chi connectivity index (χ2v) is 4.12. The van der Waals surface area contributed by atoms with E-state index in [1.54, 1.807) is 19.8 Å². The predicted octanol–water partition coefficient (Wildman–Crippen LogP) is 2.10. The second kappa shape index (κ2) is 6.16. The van der Waals surface area contributed by atoms with Crippen LogP contribution in [0.25, 0.3) is 5.69 Å². The molecule has 0 bridgehead atoms. The van der Waals surface area contributed by atoms with E-state index >= 15 is 0 Å². The summed E-state index contributed by atoms with van der Waals surface area (Å²) in [4.78, 5) is 0. The molecule has 0 radical (unpaired) electrons. The van der Waals surface area contributed by atoms with Crippen LogP contribution in [0.4, 0.5) is 5.69 Å². The summed E-state index contributed by atoms with van der Waals surface area (Å²) in [5, 5.41) is 11.1. The molecule has 0 saturated carbocycles. The van der Waals surface area contributed by atoms with Gasteiger partial charge in [-0.3, -0.25) is 4.57 Å². The van der Waals surface area contributed by atoms with Crippen molar-refractivity contribution in [1.82, 2.24) is 14.8 Å². The van der Waals surface area contributed by atoms with E-state index in [-0.39, 0.29) is 0 Å². The highest BCUT2D eigenvalue weighted by atomic mass is 16.5. The number of anilines is 1. The van der Waals surface area contributed by atoms with Gasteiger partial charge in [-0.25, -0.2) is 0 Å². The lowest BCUT2D eigenvalue weighted by Gasteiger charge is -2.17. The van der Waals surface area contributed by atoms with Crippen molar-refractivity contribution in [2.75, 3.05) is 19.0 Å². The first-order valence-electron chi connectivity index (χ1n) is 6.04. The molecule has 5 heteroatoms. The van der Waals surface area contributed by atoms with Crippen LogP contribution in [0.1, 0.15) is 13.3 Å². The summed E-state index contributed by atoms with van der Waals surface area (Å²) >= 11 is 0. The van der Waals surface area contributed by atoms with Gasteiger partial charge in [0.2, 0.25) is 0 Å². The van der Waals surface area contributed by atoms with E-state index in [4.69, 9.17) is 4.74 Å². The average molecular weight is 246 g/mol. The van der Waals surface area contributed by atoms with Gasteiger partial charge in [0.05, 0.1) is 12.3 Å².